The van der Waals surface area contributed by atoms with Crippen molar-refractivity contribution in [1.82, 2.24) is 24.6 Å². The summed E-state index contributed by atoms with van der Waals surface area (Å²) in [6.07, 6.45) is 5.73. The van der Waals surface area contributed by atoms with Gasteiger partial charge in [0.2, 0.25) is 0 Å². The van der Waals surface area contributed by atoms with E-state index in [0.29, 0.717) is 35.4 Å². The van der Waals surface area contributed by atoms with E-state index in [2.05, 4.69) is 33.1 Å². The van der Waals surface area contributed by atoms with Crippen molar-refractivity contribution in [2.75, 3.05) is 26.7 Å². The van der Waals surface area contributed by atoms with Gasteiger partial charge in [0, 0.05) is 17.2 Å². The number of rotatable bonds is 7. The summed E-state index contributed by atoms with van der Waals surface area (Å²) in [7, 11) is 2.15. The third kappa shape index (κ3) is 5.79. The first-order chi connectivity index (χ1) is 18.5. The summed E-state index contributed by atoms with van der Waals surface area (Å²) in [5.41, 5.74) is 3.51. The first-order valence-corrected chi connectivity index (χ1v) is 12.8. The minimum atomic E-state index is -0.321. The lowest BCUT2D eigenvalue weighted by Crippen LogP contribution is -2.32. The Morgan fingerprint density at radius 2 is 1.76 bits per heavy atom. The van der Waals surface area contributed by atoms with Crippen LogP contribution in [-0.2, 0) is 0 Å². The zero-order chi connectivity index (χ0) is 26.5. The molecule has 1 saturated heterocycles. The predicted octanol–water partition coefficient (Wildman–Crippen LogP) is 4.57. The molecule has 38 heavy (non-hydrogen) atoms. The van der Waals surface area contributed by atoms with E-state index in [4.69, 9.17) is 4.74 Å². The lowest BCUT2D eigenvalue weighted by molar-refractivity contribution is 0.159. The van der Waals surface area contributed by atoms with Gasteiger partial charge in [0.1, 0.15) is 0 Å². The summed E-state index contributed by atoms with van der Waals surface area (Å²) in [6.45, 7) is 4.84. The summed E-state index contributed by atoms with van der Waals surface area (Å²) in [4.78, 5) is 24.1. The van der Waals surface area contributed by atoms with Gasteiger partial charge in [-0.2, -0.15) is 10.4 Å². The van der Waals surface area contributed by atoms with Crippen LogP contribution in [0.2, 0.25) is 0 Å². The maximum absolute atomic E-state index is 12.7. The summed E-state index contributed by atoms with van der Waals surface area (Å²) < 4.78 is 7.43. The summed E-state index contributed by atoms with van der Waals surface area (Å²) >= 11 is 0. The first kappa shape index (κ1) is 25.3. The van der Waals surface area contributed by atoms with Gasteiger partial charge in [-0.3, -0.25) is 4.79 Å². The molecule has 4 aromatic rings. The molecular formula is C30H30N6O2. The Bertz CT molecular complexity index is 1500. The Balaban J connectivity index is 1.32. The average molecular weight is 507 g/mol. The van der Waals surface area contributed by atoms with Crippen LogP contribution in [0.1, 0.15) is 36.9 Å². The van der Waals surface area contributed by atoms with Gasteiger partial charge in [0.25, 0.3) is 5.56 Å². The molecule has 2 aromatic heterocycles. The fourth-order valence-electron chi connectivity index (χ4n) is 4.67. The van der Waals surface area contributed by atoms with Crippen molar-refractivity contribution >= 4 is 0 Å². The standard InChI is InChI=1S/C30H30N6O2/c1-21(36-29(37)10-9-28(34-36)25-7-3-5-23(15-25)17-31)24-6-4-8-26(16-24)30-32-18-27(19-33-30)38-20-22-11-13-35(2)14-12-22/h3-10,15-16,18-19,21-22H,11-14,20H2,1-2H3. The number of aromatic nitrogens is 4. The third-order valence-electron chi connectivity index (χ3n) is 7.06. The third-order valence-corrected chi connectivity index (χ3v) is 7.06. The zero-order valence-corrected chi connectivity index (χ0v) is 21.6. The second-order valence-corrected chi connectivity index (χ2v) is 9.80. The second-order valence-electron chi connectivity index (χ2n) is 9.80. The van der Waals surface area contributed by atoms with E-state index < -0.39 is 0 Å². The van der Waals surface area contributed by atoms with Crippen LogP contribution in [0.4, 0.5) is 0 Å². The molecule has 0 radical (unpaired) electrons. The van der Waals surface area contributed by atoms with Gasteiger partial charge in [0.15, 0.2) is 11.6 Å². The molecule has 0 spiro atoms. The van der Waals surface area contributed by atoms with Crippen molar-refractivity contribution in [3.05, 3.63) is 94.5 Å². The highest BCUT2D eigenvalue weighted by Crippen LogP contribution is 2.24. The minimum absolute atomic E-state index is 0.203. The topological polar surface area (TPSA) is 96.9 Å². The van der Waals surface area contributed by atoms with Crippen LogP contribution in [-0.4, -0.2) is 51.4 Å². The molecule has 8 heteroatoms. The molecule has 192 valence electrons. The Hall–Kier alpha value is -4.35. The minimum Gasteiger partial charge on any atom is -0.490 e. The van der Waals surface area contributed by atoms with Crippen molar-refractivity contribution in [1.29, 1.82) is 5.26 Å². The summed E-state index contributed by atoms with van der Waals surface area (Å²) in [5.74, 6) is 1.83. The molecule has 0 N–H and O–H groups in total. The van der Waals surface area contributed by atoms with Gasteiger partial charge in [-0.25, -0.2) is 14.6 Å². The maximum Gasteiger partial charge on any atom is 0.267 e. The molecule has 1 unspecified atom stereocenters. The van der Waals surface area contributed by atoms with Crippen LogP contribution >= 0.6 is 0 Å². The average Bonchev–Trinajstić information content (AvgIpc) is 2.97. The van der Waals surface area contributed by atoms with Crippen molar-refractivity contribution in [2.45, 2.75) is 25.8 Å². The second kappa shape index (κ2) is 11.4. The Kier molecular flexibility index (Phi) is 7.57. The number of ether oxygens (including phenoxy) is 1. The summed E-state index contributed by atoms with van der Waals surface area (Å²) in [5, 5.41) is 13.8. The molecule has 0 saturated carbocycles. The number of hydrogen-bond donors (Lipinski definition) is 0. The molecule has 0 amide bonds. The van der Waals surface area contributed by atoms with Crippen molar-refractivity contribution in [2.24, 2.45) is 5.92 Å². The van der Waals surface area contributed by atoms with Crippen molar-refractivity contribution in [3.8, 4) is 34.5 Å². The van der Waals surface area contributed by atoms with Gasteiger partial charge in [0.05, 0.1) is 42.4 Å². The molecule has 8 nitrogen and oxygen atoms in total. The van der Waals surface area contributed by atoms with E-state index in [9.17, 15) is 10.1 Å². The zero-order valence-electron chi connectivity index (χ0n) is 21.6. The van der Waals surface area contributed by atoms with Crippen LogP contribution < -0.4 is 10.3 Å². The lowest BCUT2D eigenvalue weighted by atomic mass is 9.98. The molecule has 2 aromatic carbocycles. The van der Waals surface area contributed by atoms with Gasteiger partial charge < -0.3 is 9.64 Å². The Morgan fingerprint density at radius 3 is 2.53 bits per heavy atom. The fraction of sp³-hybridized carbons (Fsp3) is 0.300. The largest absolute Gasteiger partial charge is 0.490 e. The number of hydrogen-bond acceptors (Lipinski definition) is 7. The number of likely N-dealkylation sites (tertiary alicyclic amines) is 1. The highest BCUT2D eigenvalue weighted by Gasteiger charge is 2.18. The monoisotopic (exact) mass is 506 g/mol. The Morgan fingerprint density at radius 1 is 1.03 bits per heavy atom. The van der Waals surface area contributed by atoms with E-state index in [1.165, 1.54) is 10.7 Å². The van der Waals surface area contributed by atoms with Crippen LogP contribution in [0, 0.1) is 17.2 Å². The molecule has 0 bridgehead atoms. The number of nitrogens with zero attached hydrogens (tertiary/aromatic N) is 6. The van der Waals surface area contributed by atoms with E-state index in [1.807, 2.05) is 43.3 Å². The fourth-order valence-corrected chi connectivity index (χ4v) is 4.67. The molecule has 1 atom stereocenters. The van der Waals surface area contributed by atoms with Crippen LogP contribution in [0.15, 0.2) is 77.9 Å². The molecular weight excluding hydrogens is 476 g/mol. The number of piperidine rings is 1. The van der Waals surface area contributed by atoms with E-state index >= 15 is 0 Å². The highest BCUT2D eigenvalue weighted by molar-refractivity contribution is 5.61. The molecule has 3 heterocycles. The molecule has 5 rings (SSSR count). The summed E-state index contributed by atoms with van der Waals surface area (Å²) in [6, 6.07) is 20.0. The van der Waals surface area contributed by atoms with Crippen molar-refractivity contribution in [3.63, 3.8) is 0 Å². The number of benzene rings is 2. The maximum atomic E-state index is 12.7. The first-order valence-electron chi connectivity index (χ1n) is 12.8. The van der Waals surface area contributed by atoms with Gasteiger partial charge in [-0.15, -0.1) is 0 Å². The molecule has 0 aliphatic carbocycles. The van der Waals surface area contributed by atoms with Crippen LogP contribution in [0.25, 0.3) is 22.6 Å². The molecule has 1 aliphatic rings. The van der Waals surface area contributed by atoms with Gasteiger partial charge in [-0.05, 0) is 75.6 Å². The lowest BCUT2D eigenvalue weighted by Gasteiger charge is -2.28. The normalized spacial score (nSPS) is 15.1. The van der Waals surface area contributed by atoms with Crippen LogP contribution in [0.3, 0.4) is 0 Å². The van der Waals surface area contributed by atoms with E-state index in [0.717, 1.165) is 42.6 Å². The Labute approximate surface area is 222 Å². The van der Waals surface area contributed by atoms with Gasteiger partial charge in [-0.1, -0.05) is 30.3 Å². The highest BCUT2D eigenvalue weighted by atomic mass is 16.5. The molecule has 1 aliphatic heterocycles. The quantitative estimate of drug-likeness (QED) is 0.362. The predicted molar refractivity (Wildman–Crippen MR) is 146 cm³/mol. The van der Waals surface area contributed by atoms with E-state index in [1.54, 1.807) is 30.6 Å². The molecule has 1 fully saturated rings. The number of nitriles is 1. The van der Waals surface area contributed by atoms with Crippen LogP contribution in [0.5, 0.6) is 5.75 Å². The smallest absolute Gasteiger partial charge is 0.267 e. The van der Waals surface area contributed by atoms with Crippen molar-refractivity contribution < 1.29 is 4.74 Å². The van der Waals surface area contributed by atoms with Gasteiger partial charge >= 0.3 is 0 Å². The SMILES string of the molecule is CC(c1cccc(-c2ncc(OCC3CCN(C)CC3)cn2)c1)n1nc(-c2cccc(C#N)c2)ccc1=O. The van der Waals surface area contributed by atoms with E-state index in [-0.39, 0.29) is 11.6 Å².